The average molecular weight is 289 g/mol. The standard InChI is InChI=1S/C16H26Cl2/c17-15-11-7-6-10-14(12-16(15)18)13-8-4-2-1-3-5-9-13/h12-15H,1-11H2/b16-12+. The van der Waals surface area contributed by atoms with Crippen molar-refractivity contribution < 1.29 is 0 Å². The van der Waals surface area contributed by atoms with Crippen molar-refractivity contribution in [3.63, 3.8) is 0 Å². The smallest absolute Gasteiger partial charge is 0.0689 e. The van der Waals surface area contributed by atoms with Crippen LogP contribution < -0.4 is 0 Å². The second-order valence-corrected chi connectivity index (χ2v) is 7.04. The largest absolute Gasteiger partial charge is 0.117 e. The number of allylic oxidation sites excluding steroid dienone is 2. The molecule has 18 heavy (non-hydrogen) atoms. The average Bonchev–Trinajstić information content (AvgIpc) is 2.30. The molecule has 2 aliphatic rings. The molecule has 0 saturated heterocycles. The highest BCUT2D eigenvalue weighted by atomic mass is 35.5. The quantitative estimate of drug-likeness (QED) is 0.499. The van der Waals surface area contributed by atoms with Crippen molar-refractivity contribution in [2.24, 2.45) is 11.8 Å². The predicted octanol–water partition coefficient (Wildman–Crippen LogP) is 6.27. The first-order valence-electron chi connectivity index (χ1n) is 7.78. The van der Waals surface area contributed by atoms with E-state index in [2.05, 4.69) is 6.08 Å². The third-order valence-electron chi connectivity index (χ3n) is 4.67. The molecule has 0 aromatic carbocycles. The Balaban J connectivity index is 2.00. The van der Waals surface area contributed by atoms with Gasteiger partial charge in [0.1, 0.15) is 0 Å². The molecular formula is C16H26Cl2. The molecule has 0 aromatic rings. The van der Waals surface area contributed by atoms with Crippen molar-refractivity contribution in [1.82, 2.24) is 0 Å². The van der Waals surface area contributed by atoms with E-state index in [4.69, 9.17) is 23.2 Å². The van der Waals surface area contributed by atoms with Gasteiger partial charge in [0.25, 0.3) is 0 Å². The van der Waals surface area contributed by atoms with E-state index in [0.717, 1.165) is 17.4 Å². The zero-order valence-electron chi connectivity index (χ0n) is 11.3. The van der Waals surface area contributed by atoms with E-state index < -0.39 is 0 Å². The molecular weight excluding hydrogens is 263 g/mol. The molecule has 0 amide bonds. The van der Waals surface area contributed by atoms with Crippen LogP contribution in [0.5, 0.6) is 0 Å². The van der Waals surface area contributed by atoms with Crippen LogP contribution in [0.2, 0.25) is 0 Å². The minimum Gasteiger partial charge on any atom is -0.117 e. The Kier molecular flexibility index (Phi) is 6.38. The van der Waals surface area contributed by atoms with Crippen LogP contribution in [0.15, 0.2) is 11.1 Å². The van der Waals surface area contributed by atoms with E-state index in [0.29, 0.717) is 5.92 Å². The topological polar surface area (TPSA) is 0 Å². The SMILES string of the molecule is Cl/C1=C/C(C2CCCCCCC2)CCCCC1Cl. The Morgan fingerprint density at radius 3 is 2.06 bits per heavy atom. The second kappa shape index (κ2) is 7.80. The summed E-state index contributed by atoms with van der Waals surface area (Å²) in [6, 6.07) is 0. The van der Waals surface area contributed by atoms with Crippen LogP contribution in [0.4, 0.5) is 0 Å². The molecule has 1 fully saturated rings. The van der Waals surface area contributed by atoms with E-state index in [1.54, 1.807) is 0 Å². The van der Waals surface area contributed by atoms with E-state index in [1.165, 1.54) is 64.2 Å². The lowest BCUT2D eigenvalue weighted by Crippen LogP contribution is -2.17. The molecule has 2 rings (SSSR count). The number of hydrogen-bond acceptors (Lipinski definition) is 0. The molecule has 0 spiro atoms. The molecule has 2 aliphatic carbocycles. The van der Waals surface area contributed by atoms with Crippen molar-refractivity contribution in [2.75, 3.05) is 0 Å². The fraction of sp³-hybridized carbons (Fsp3) is 0.875. The first-order chi connectivity index (χ1) is 8.77. The highest BCUT2D eigenvalue weighted by Crippen LogP contribution is 2.36. The first-order valence-corrected chi connectivity index (χ1v) is 8.60. The monoisotopic (exact) mass is 288 g/mol. The van der Waals surface area contributed by atoms with Gasteiger partial charge in [-0.2, -0.15) is 0 Å². The highest BCUT2D eigenvalue weighted by molar-refractivity contribution is 6.37. The Morgan fingerprint density at radius 2 is 1.33 bits per heavy atom. The van der Waals surface area contributed by atoms with Gasteiger partial charge in [-0.25, -0.2) is 0 Å². The lowest BCUT2D eigenvalue weighted by molar-refractivity contribution is 0.285. The number of rotatable bonds is 1. The summed E-state index contributed by atoms with van der Waals surface area (Å²) in [6.45, 7) is 0. The van der Waals surface area contributed by atoms with Gasteiger partial charge < -0.3 is 0 Å². The van der Waals surface area contributed by atoms with Crippen LogP contribution in [-0.4, -0.2) is 5.38 Å². The zero-order chi connectivity index (χ0) is 12.8. The summed E-state index contributed by atoms with van der Waals surface area (Å²) in [7, 11) is 0. The van der Waals surface area contributed by atoms with Crippen molar-refractivity contribution in [2.45, 2.75) is 76.0 Å². The lowest BCUT2D eigenvalue weighted by Gasteiger charge is -2.29. The van der Waals surface area contributed by atoms with E-state index >= 15 is 0 Å². The molecule has 0 aliphatic heterocycles. The van der Waals surface area contributed by atoms with E-state index in [1.807, 2.05) is 0 Å². The molecule has 0 aromatic heterocycles. The number of alkyl halides is 1. The Hall–Kier alpha value is 0.320. The van der Waals surface area contributed by atoms with Crippen molar-refractivity contribution >= 4 is 23.2 Å². The van der Waals surface area contributed by atoms with Gasteiger partial charge in [0, 0.05) is 5.03 Å². The van der Waals surface area contributed by atoms with Gasteiger partial charge in [-0.15, -0.1) is 11.6 Å². The molecule has 2 unspecified atom stereocenters. The maximum absolute atomic E-state index is 6.36. The summed E-state index contributed by atoms with van der Waals surface area (Å²) in [5, 5.41) is 0.992. The summed E-state index contributed by atoms with van der Waals surface area (Å²) < 4.78 is 0. The van der Waals surface area contributed by atoms with E-state index in [-0.39, 0.29) is 5.38 Å². The Bertz CT molecular complexity index is 264. The fourth-order valence-electron chi connectivity index (χ4n) is 3.52. The third kappa shape index (κ3) is 4.46. The van der Waals surface area contributed by atoms with Gasteiger partial charge in [0.2, 0.25) is 0 Å². The number of halogens is 2. The molecule has 0 radical (unpaired) electrons. The first kappa shape index (κ1) is 14.7. The molecule has 2 heteroatoms. The van der Waals surface area contributed by atoms with Gasteiger partial charge in [-0.05, 0) is 37.5 Å². The summed E-state index contributed by atoms with van der Waals surface area (Å²) >= 11 is 12.7. The summed E-state index contributed by atoms with van der Waals surface area (Å²) in [6.07, 6.45) is 17.2. The summed E-state index contributed by atoms with van der Waals surface area (Å²) in [5.74, 6) is 1.55. The van der Waals surface area contributed by atoms with Gasteiger partial charge >= 0.3 is 0 Å². The van der Waals surface area contributed by atoms with Crippen molar-refractivity contribution in [3.8, 4) is 0 Å². The van der Waals surface area contributed by atoms with Crippen molar-refractivity contribution in [3.05, 3.63) is 11.1 Å². The number of hydrogen-bond donors (Lipinski definition) is 0. The minimum absolute atomic E-state index is 0.0722. The molecule has 1 saturated carbocycles. The summed E-state index contributed by atoms with van der Waals surface area (Å²) in [5.41, 5.74) is 0. The molecule has 0 heterocycles. The van der Waals surface area contributed by atoms with Crippen LogP contribution in [0, 0.1) is 11.8 Å². The van der Waals surface area contributed by atoms with Crippen LogP contribution >= 0.6 is 23.2 Å². The van der Waals surface area contributed by atoms with Crippen LogP contribution in [0.1, 0.15) is 70.6 Å². The maximum Gasteiger partial charge on any atom is 0.0689 e. The van der Waals surface area contributed by atoms with Crippen molar-refractivity contribution in [1.29, 1.82) is 0 Å². The lowest BCUT2D eigenvalue weighted by atomic mass is 9.78. The van der Waals surface area contributed by atoms with Crippen LogP contribution in [0.3, 0.4) is 0 Å². The second-order valence-electron chi connectivity index (χ2n) is 6.07. The highest BCUT2D eigenvalue weighted by Gasteiger charge is 2.23. The van der Waals surface area contributed by atoms with Gasteiger partial charge in [0.05, 0.1) is 5.38 Å². The third-order valence-corrected chi connectivity index (χ3v) is 5.63. The Morgan fingerprint density at radius 1 is 0.778 bits per heavy atom. The molecule has 0 bridgehead atoms. The minimum atomic E-state index is 0.0722. The maximum atomic E-state index is 6.36. The molecule has 0 nitrogen and oxygen atoms in total. The van der Waals surface area contributed by atoms with Gasteiger partial charge in [0.15, 0.2) is 0 Å². The Labute approximate surface area is 122 Å². The van der Waals surface area contributed by atoms with Gasteiger partial charge in [-0.3, -0.25) is 0 Å². The molecule has 0 N–H and O–H groups in total. The van der Waals surface area contributed by atoms with Crippen LogP contribution in [0.25, 0.3) is 0 Å². The van der Waals surface area contributed by atoms with Crippen LogP contribution in [-0.2, 0) is 0 Å². The van der Waals surface area contributed by atoms with E-state index in [9.17, 15) is 0 Å². The molecule has 2 atom stereocenters. The predicted molar refractivity (Wildman–Crippen MR) is 81.3 cm³/mol. The molecule has 104 valence electrons. The fourth-order valence-corrected chi connectivity index (χ4v) is 4.02. The summed E-state index contributed by atoms with van der Waals surface area (Å²) in [4.78, 5) is 0. The zero-order valence-corrected chi connectivity index (χ0v) is 12.9. The normalized spacial score (nSPS) is 35.8. The van der Waals surface area contributed by atoms with Gasteiger partial charge in [-0.1, -0.05) is 62.6 Å².